The summed E-state index contributed by atoms with van der Waals surface area (Å²) in [6, 6.07) is 4.41. The Morgan fingerprint density at radius 1 is 1.17 bits per heavy atom. The fourth-order valence-electron chi connectivity index (χ4n) is 3.59. The van der Waals surface area contributed by atoms with Gasteiger partial charge in [-0.15, -0.1) is 0 Å². The topological polar surface area (TPSA) is 81.9 Å². The molecule has 0 spiro atoms. The summed E-state index contributed by atoms with van der Waals surface area (Å²) in [6.45, 7) is 4.89. The van der Waals surface area contributed by atoms with Crippen LogP contribution in [-0.4, -0.2) is 49.3 Å². The van der Waals surface area contributed by atoms with Gasteiger partial charge in [-0.2, -0.15) is 13.2 Å². The van der Waals surface area contributed by atoms with E-state index in [2.05, 4.69) is 0 Å². The van der Waals surface area contributed by atoms with Crippen LogP contribution < -0.4 is 5.73 Å². The molecule has 0 aromatic heterocycles. The van der Waals surface area contributed by atoms with Crippen LogP contribution in [0.4, 0.5) is 13.2 Å². The van der Waals surface area contributed by atoms with Crippen molar-refractivity contribution in [3.05, 3.63) is 35.4 Å². The molecule has 0 radical (unpaired) electrons. The predicted molar refractivity (Wildman–Crippen MR) is 108 cm³/mol. The first-order valence-electron chi connectivity index (χ1n) is 10.2. The molecule has 1 heterocycles. The molecule has 0 bridgehead atoms. The van der Waals surface area contributed by atoms with E-state index in [1.165, 1.54) is 12.1 Å². The van der Waals surface area contributed by atoms with E-state index >= 15 is 0 Å². The fraction of sp³-hybridized carbons (Fsp3) is 0.650. The third-order valence-electron chi connectivity index (χ3n) is 5.20. The molecule has 1 atom stereocenters. The average molecular weight is 450 g/mol. The Labute approximate surface area is 175 Å². The molecule has 1 amide bonds. The number of piperidine rings is 1. The molecule has 1 aromatic carbocycles. The maximum Gasteiger partial charge on any atom is 0.416 e. The molecule has 0 saturated carbocycles. The number of hydrogen-bond donors (Lipinski definition) is 1. The number of likely N-dealkylation sites (tertiary alicyclic amines) is 1. The minimum atomic E-state index is -4.35. The summed E-state index contributed by atoms with van der Waals surface area (Å²) in [5.74, 6) is -0.121. The van der Waals surface area contributed by atoms with E-state index in [1.807, 2.05) is 0 Å². The number of carbonyl (C=O) groups excluding carboxylic acids is 1. The van der Waals surface area contributed by atoms with E-state index in [0.717, 1.165) is 17.7 Å². The van der Waals surface area contributed by atoms with Gasteiger partial charge in [-0.3, -0.25) is 9.36 Å². The standard InChI is InChI=1S/C20H30F3N2O4P/c1-3-28-30(27,29-4-2)14-11-18(24)19(26)25-12-9-16(10-13-25)15-5-7-17(8-6-15)20(21,22)23/h5-8,16,18H,3-4,9-14,24H2,1-2H3/t18-/m0/s1. The zero-order valence-corrected chi connectivity index (χ0v) is 18.3. The first-order chi connectivity index (χ1) is 14.1. The first kappa shape index (κ1) is 24.9. The van der Waals surface area contributed by atoms with Crippen molar-refractivity contribution in [3.63, 3.8) is 0 Å². The van der Waals surface area contributed by atoms with Gasteiger partial charge in [0, 0.05) is 13.1 Å². The minimum absolute atomic E-state index is 0.0730. The highest BCUT2D eigenvalue weighted by atomic mass is 31.2. The number of carbonyl (C=O) groups is 1. The lowest BCUT2D eigenvalue weighted by Crippen LogP contribution is -2.47. The van der Waals surface area contributed by atoms with Gasteiger partial charge in [0.2, 0.25) is 5.91 Å². The van der Waals surface area contributed by atoms with E-state index in [4.69, 9.17) is 14.8 Å². The number of halogens is 3. The molecule has 1 aliphatic heterocycles. The van der Waals surface area contributed by atoms with Gasteiger partial charge >= 0.3 is 13.8 Å². The van der Waals surface area contributed by atoms with Gasteiger partial charge in [0.1, 0.15) is 0 Å². The third kappa shape index (κ3) is 6.80. The lowest BCUT2D eigenvalue weighted by molar-refractivity contribution is -0.137. The Morgan fingerprint density at radius 2 is 1.70 bits per heavy atom. The first-order valence-corrected chi connectivity index (χ1v) is 11.9. The summed E-state index contributed by atoms with van der Waals surface area (Å²) >= 11 is 0. The van der Waals surface area contributed by atoms with Crippen molar-refractivity contribution in [2.24, 2.45) is 5.73 Å². The maximum atomic E-state index is 12.7. The van der Waals surface area contributed by atoms with Gasteiger partial charge in [0.25, 0.3) is 0 Å². The van der Waals surface area contributed by atoms with Crippen molar-refractivity contribution < 1.29 is 31.6 Å². The van der Waals surface area contributed by atoms with Gasteiger partial charge in [-0.05, 0) is 56.7 Å². The molecular weight excluding hydrogens is 420 g/mol. The zero-order chi connectivity index (χ0) is 22.4. The molecule has 2 rings (SSSR count). The van der Waals surface area contributed by atoms with Crippen LogP contribution in [0.25, 0.3) is 0 Å². The summed E-state index contributed by atoms with van der Waals surface area (Å²) in [5.41, 5.74) is 6.20. The molecule has 1 fully saturated rings. The molecule has 10 heteroatoms. The predicted octanol–water partition coefficient (Wildman–Crippen LogP) is 4.39. The number of rotatable bonds is 9. The Kier molecular flexibility index (Phi) is 8.91. The summed E-state index contributed by atoms with van der Waals surface area (Å²) in [4.78, 5) is 14.3. The van der Waals surface area contributed by atoms with Gasteiger partial charge in [0.05, 0.1) is 31.0 Å². The van der Waals surface area contributed by atoms with Crippen LogP contribution in [0.2, 0.25) is 0 Å². The molecule has 6 nitrogen and oxygen atoms in total. The van der Waals surface area contributed by atoms with Crippen molar-refractivity contribution >= 4 is 13.5 Å². The van der Waals surface area contributed by atoms with Gasteiger partial charge in [0.15, 0.2) is 0 Å². The summed E-state index contributed by atoms with van der Waals surface area (Å²) in [7, 11) is -3.25. The summed E-state index contributed by atoms with van der Waals surface area (Å²) in [5, 5.41) is 0. The molecular formula is C20H30F3N2O4P. The van der Waals surface area contributed by atoms with E-state index in [0.29, 0.717) is 25.9 Å². The molecule has 2 N–H and O–H groups in total. The van der Waals surface area contributed by atoms with Crippen LogP contribution in [0, 0.1) is 0 Å². The number of nitrogens with zero attached hydrogens (tertiary/aromatic N) is 1. The zero-order valence-electron chi connectivity index (χ0n) is 17.4. The lowest BCUT2D eigenvalue weighted by Gasteiger charge is -2.34. The van der Waals surface area contributed by atoms with Crippen molar-refractivity contribution in [2.75, 3.05) is 32.5 Å². The number of benzene rings is 1. The smallest absolute Gasteiger partial charge is 0.341 e. The van der Waals surface area contributed by atoms with Crippen LogP contribution in [0.3, 0.4) is 0 Å². The maximum absolute atomic E-state index is 12.7. The second-order valence-electron chi connectivity index (χ2n) is 7.28. The Hall–Kier alpha value is -1.41. The quantitative estimate of drug-likeness (QED) is 0.564. The van der Waals surface area contributed by atoms with Crippen molar-refractivity contribution in [1.29, 1.82) is 0 Å². The normalized spacial score (nSPS) is 17.2. The molecule has 0 aliphatic carbocycles. The number of hydrogen-bond acceptors (Lipinski definition) is 5. The molecule has 1 saturated heterocycles. The van der Waals surface area contributed by atoms with E-state index in [9.17, 15) is 22.5 Å². The van der Waals surface area contributed by atoms with Crippen LogP contribution >= 0.6 is 7.60 Å². The summed E-state index contributed by atoms with van der Waals surface area (Å²) in [6.07, 6.45) is -2.78. The molecule has 1 aromatic rings. The van der Waals surface area contributed by atoms with Gasteiger partial charge in [-0.1, -0.05) is 12.1 Å². The van der Waals surface area contributed by atoms with Gasteiger partial charge < -0.3 is 19.7 Å². The van der Waals surface area contributed by atoms with Crippen LogP contribution in [0.5, 0.6) is 0 Å². The minimum Gasteiger partial charge on any atom is -0.341 e. The Balaban J connectivity index is 1.86. The van der Waals surface area contributed by atoms with E-state index in [1.54, 1.807) is 18.7 Å². The second-order valence-corrected chi connectivity index (χ2v) is 9.47. The molecule has 30 heavy (non-hydrogen) atoms. The SMILES string of the molecule is CCOP(=O)(CC[C@H](N)C(=O)N1CCC(c2ccc(C(F)(F)F)cc2)CC1)OCC. The number of amides is 1. The Bertz CT molecular complexity index is 725. The van der Waals surface area contributed by atoms with Crippen molar-refractivity contribution in [2.45, 2.75) is 51.2 Å². The van der Waals surface area contributed by atoms with Crippen LogP contribution in [0.1, 0.15) is 50.2 Å². The van der Waals surface area contributed by atoms with Crippen LogP contribution in [-0.2, 0) is 24.6 Å². The van der Waals surface area contributed by atoms with Gasteiger partial charge in [-0.25, -0.2) is 0 Å². The average Bonchev–Trinajstić information content (AvgIpc) is 2.71. The number of nitrogens with two attached hydrogens (primary N) is 1. The van der Waals surface area contributed by atoms with E-state index < -0.39 is 25.4 Å². The lowest BCUT2D eigenvalue weighted by atomic mass is 9.88. The highest BCUT2D eigenvalue weighted by molar-refractivity contribution is 7.53. The van der Waals surface area contributed by atoms with Crippen molar-refractivity contribution in [3.8, 4) is 0 Å². The van der Waals surface area contributed by atoms with E-state index in [-0.39, 0.29) is 37.6 Å². The number of alkyl halides is 3. The fourth-order valence-corrected chi connectivity index (χ4v) is 5.31. The molecule has 0 unspecified atom stereocenters. The van der Waals surface area contributed by atoms with Crippen molar-refractivity contribution in [1.82, 2.24) is 4.90 Å². The summed E-state index contributed by atoms with van der Waals surface area (Å²) < 4.78 is 61.1. The highest BCUT2D eigenvalue weighted by Gasteiger charge is 2.32. The van der Waals surface area contributed by atoms with Crippen LogP contribution in [0.15, 0.2) is 24.3 Å². The molecule has 170 valence electrons. The second kappa shape index (κ2) is 10.8. The Morgan fingerprint density at radius 3 is 2.17 bits per heavy atom. The third-order valence-corrected chi connectivity index (χ3v) is 7.31. The molecule has 1 aliphatic rings. The highest BCUT2D eigenvalue weighted by Crippen LogP contribution is 2.48. The monoisotopic (exact) mass is 450 g/mol. The largest absolute Gasteiger partial charge is 0.416 e.